The van der Waals surface area contributed by atoms with Gasteiger partial charge in [-0.05, 0) is 69.3 Å². The predicted octanol–water partition coefficient (Wildman–Crippen LogP) is 4.91. The van der Waals surface area contributed by atoms with E-state index in [1.807, 2.05) is 29.3 Å². The molecule has 7 nitrogen and oxygen atoms in total. The first-order valence-electron chi connectivity index (χ1n) is 13.4. The monoisotopic (exact) mass is 484 g/mol. The number of piperidine rings is 1. The molecule has 194 valence electrons. The molecule has 2 aromatic heterocycles. The molecule has 1 N–H and O–H groups in total. The van der Waals surface area contributed by atoms with E-state index in [0.717, 1.165) is 37.4 Å². The van der Waals surface area contributed by atoms with E-state index in [2.05, 4.69) is 42.5 Å². The summed E-state index contributed by atoms with van der Waals surface area (Å²) in [6.45, 7) is 13.2. The Balaban J connectivity index is 1.50. The number of nitrogens with zero attached hydrogens (tertiary/aromatic N) is 3. The van der Waals surface area contributed by atoms with Crippen molar-refractivity contribution in [2.75, 3.05) is 26.2 Å². The number of furan rings is 1. The van der Waals surface area contributed by atoms with Gasteiger partial charge in [-0.1, -0.05) is 27.2 Å². The summed E-state index contributed by atoms with van der Waals surface area (Å²) in [5.74, 6) is 1.45. The van der Waals surface area contributed by atoms with Crippen molar-refractivity contribution < 1.29 is 14.0 Å². The number of aromatic nitrogens is 1. The van der Waals surface area contributed by atoms with Gasteiger partial charge in [0.2, 0.25) is 5.91 Å². The third-order valence-electron chi connectivity index (χ3n) is 6.77. The average Bonchev–Trinajstić information content (AvgIpc) is 3.47. The van der Waals surface area contributed by atoms with Gasteiger partial charge in [-0.3, -0.25) is 9.59 Å². The fourth-order valence-corrected chi connectivity index (χ4v) is 4.80. The van der Waals surface area contributed by atoms with E-state index in [1.54, 1.807) is 6.07 Å². The zero-order valence-electron chi connectivity index (χ0n) is 22.1. The maximum absolute atomic E-state index is 12.7. The molecule has 3 rings (SSSR count). The van der Waals surface area contributed by atoms with Gasteiger partial charge in [0.1, 0.15) is 5.76 Å². The minimum atomic E-state index is -0.163. The van der Waals surface area contributed by atoms with Crippen LogP contribution in [0.25, 0.3) is 0 Å². The van der Waals surface area contributed by atoms with Gasteiger partial charge in [-0.2, -0.15) is 0 Å². The van der Waals surface area contributed by atoms with E-state index in [1.165, 1.54) is 25.8 Å². The van der Waals surface area contributed by atoms with Crippen LogP contribution in [0.3, 0.4) is 0 Å². The van der Waals surface area contributed by atoms with Gasteiger partial charge in [-0.15, -0.1) is 0 Å². The first-order chi connectivity index (χ1) is 16.9. The Bertz CT molecular complexity index is 932. The topological polar surface area (TPSA) is 70.7 Å². The molecule has 35 heavy (non-hydrogen) atoms. The number of nitrogens with one attached hydrogen (secondary N) is 1. The van der Waals surface area contributed by atoms with Gasteiger partial charge in [0.15, 0.2) is 5.76 Å². The molecule has 2 aromatic rings. The minimum absolute atomic E-state index is 0.163. The zero-order valence-corrected chi connectivity index (χ0v) is 22.1. The lowest BCUT2D eigenvalue weighted by Crippen LogP contribution is -2.39. The van der Waals surface area contributed by atoms with Crippen LogP contribution in [0, 0.1) is 5.92 Å². The summed E-state index contributed by atoms with van der Waals surface area (Å²) in [6.07, 6.45) is 8.31. The van der Waals surface area contributed by atoms with Crippen LogP contribution < -0.4 is 5.32 Å². The van der Waals surface area contributed by atoms with Gasteiger partial charge in [-0.25, -0.2) is 0 Å². The highest BCUT2D eigenvalue weighted by atomic mass is 16.4. The van der Waals surface area contributed by atoms with Crippen molar-refractivity contribution in [3.8, 4) is 0 Å². The van der Waals surface area contributed by atoms with Crippen molar-refractivity contribution in [3.05, 3.63) is 47.7 Å². The maximum atomic E-state index is 12.7. The second-order valence-electron chi connectivity index (χ2n) is 10.3. The number of rotatable bonds is 13. The predicted molar refractivity (Wildman–Crippen MR) is 139 cm³/mol. The number of carbonyl (C=O) groups excluding carboxylic acids is 2. The summed E-state index contributed by atoms with van der Waals surface area (Å²) in [7, 11) is 0. The number of likely N-dealkylation sites (tertiary alicyclic amines) is 1. The Morgan fingerprint density at radius 3 is 2.80 bits per heavy atom. The largest absolute Gasteiger partial charge is 0.454 e. The summed E-state index contributed by atoms with van der Waals surface area (Å²) in [4.78, 5) is 29.7. The van der Waals surface area contributed by atoms with Crippen molar-refractivity contribution in [1.29, 1.82) is 0 Å². The molecule has 2 amide bonds. The van der Waals surface area contributed by atoms with Gasteiger partial charge >= 0.3 is 0 Å². The van der Waals surface area contributed by atoms with Crippen LogP contribution in [-0.2, 0) is 17.9 Å². The van der Waals surface area contributed by atoms with Crippen LogP contribution in [0.15, 0.2) is 34.9 Å². The molecule has 0 spiro atoms. The van der Waals surface area contributed by atoms with Gasteiger partial charge in [0, 0.05) is 44.0 Å². The van der Waals surface area contributed by atoms with Crippen LogP contribution in [0.4, 0.5) is 0 Å². The smallest absolute Gasteiger partial charge is 0.286 e. The number of carbonyl (C=O) groups is 2. The summed E-state index contributed by atoms with van der Waals surface area (Å²) in [5.41, 5.74) is 1.06. The van der Waals surface area contributed by atoms with E-state index in [4.69, 9.17) is 4.42 Å². The molecule has 1 aliphatic heterocycles. The maximum Gasteiger partial charge on any atom is 0.286 e. The van der Waals surface area contributed by atoms with Gasteiger partial charge in [0.25, 0.3) is 5.91 Å². The molecular weight excluding hydrogens is 440 g/mol. The highest BCUT2D eigenvalue weighted by molar-refractivity contribution is 5.91. The van der Waals surface area contributed by atoms with Crippen molar-refractivity contribution in [2.24, 2.45) is 5.92 Å². The first kappa shape index (κ1) is 27.1. The minimum Gasteiger partial charge on any atom is -0.454 e. The molecule has 0 saturated carbocycles. The summed E-state index contributed by atoms with van der Waals surface area (Å²) in [6, 6.07) is 8.29. The van der Waals surface area contributed by atoms with E-state index in [9.17, 15) is 9.59 Å². The lowest BCUT2D eigenvalue weighted by Gasteiger charge is -2.33. The Kier molecular flexibility index (Phi) is 10.5. The van der Waals surface area contributed by atoms with Crippen LogP contribution in [0.2, 0.25) is 0 Å². The molecule has 0 aromatic carbocycles. The quantitative estimate of drug-likeness (QED) is 0.410. The van der Waals surface area contributed by atoms with Crippen LogP contribution >= 0.6 is 0 Å². The highest BCUT2D eigenvalue weighted by Crippen LogP contribution is 2.17. The Morgan fingerprint density at radius 1 is 1.23 bits per heavy atom. The molecule has 1 fully saturated rings. The van der Waals surface area contributed by atoms with Crippen molar-refractivity contribution in [3.63, 3.8) is 0 Å². The van der Waals surface area contributed by atoms with E-state index < -0.39 is 0 Å². The van der Waals surface area contributed by atoms with Gasteiger partial charge in [0.05, 0.1) is 13.1 Å². The average molecular weight is 485 g/mol. The molecule has 1 atom stereocenters. The summed E-state index contributed by atoms with van der Waals surface area (Å²) < 4.78 is 7.96. The van der Waals surface area contributed by atoms with E-state index in [-0.39, 0.29) is 11.8 Å². The fourth-order valence-electron chi connectivity index (χ4n) is 4.80. The van der Waals surface area contributed by atoms with Crippen LogP contribution in [0.1, 0.15) is 88.2 Å². The molecule has 0 radical (unpaired) electrons. The number of hydrogen-bond acceptors (Lipinski definition) is 4. The second-order valence-corrected chi connectivity index (χ2v) is 10.3. The molecule has 0 bridgehead atoms. The molecule has 1 aliphatic rings. The Morgan fingerprint density at radius 2 is 2.06 bits per heavy atom. The van der Waals surface area contributed by atoms with Crippen LogP contribution in [0.5, 0.6) is 0 Å². The SMILES string of the molecule is CCCN(Cc1cccn1Cc1ccc(C(=O)NCCCN2CCCCC2C)o1)C(=O)CC(C)C. The normalized spacial score (nSPS) is 16.5. The van der Waals surface area contributed by atoms with Crippen molar-refractivity contribution >= 4 is 11.8 Å². The van der Waals surface area contributed by atoms with Crippen molar-refractivity contribution in [1.82, 2.24) is 19.7 Å². The summed E-state index contributed by atoms with van der Waals surface area (Å²) in [5, 5.41) is 2.99. The van der Waals surface area contributed by atoms with Gasteiger partial charge < -0.3 is 24.1 Å². The lowest BCUT2D eigenvalue weighted by atomic mass is 10.0. The standard InChI is InChI=1S/C28H44N4O3/c1-5-15-32(27(33)19-22(2)3)20-24-11-8-17-31(24)21-25-12-13-26(35-25)28(34)29-14-9-18-30-16-7-6-10-23(30)4/h8,11-13,17,22-23H,5-7,9-10,14-16,18-21H2,1-4H3,(H,29,34). The molecule has 7 heteroatoms. The molecule has 0 aliphatic carbocycles. The third kappa shape index (κ3) is 8.27. The number of amides is 2. The third-order valence-corrected chi connectivity index (χ3v) is 6.77. The van der Waals surface area contributed by atoms with E-state index in [0.29, 0.717) is 43.8 Å². The van der Waals surface area contributed by atoms with Crippen LogP contribution in [-0.4, -0.2) is 58.4 Å². The van der Waals surface area contributed by atoms with Crippen molar-refractivity contribution in [2.45, 2.75) is 85.4 Å². The second kappa shape index (κ2) is 13.5. The fraction of sp³-hybridized carbons (Fsp3) is 0.643. The zero-order chi connectivity index (χ0) is 25.2. The highest BCUT2D eigenvalue weighted by Gasteiger charge is 2.19. The Hall–Kier alpha value is -2.54. The lowest BCUT2D eigenvalue weighted by molar-refractivity contribution is -0.132. The molecule has 1 unspecified atom stereocenters. The number of hydrogen-bond donors (Lipinski definition) is 1. The van der Waals surface area contributed by atoms with E-state index >= 15 is 0 Å². The Labute approximate surface area is 210 Å². The molecule has 1 saturated heterocycles. The first-order valence-corrected chi connectivity index (χ1v) is 13.4. The summed E-state index contributed by atoms with van der Waals surface area (Å²) >= 11 is 0. The molecular formula is C28H44N4O3. The molecule has 3 heterocycles.